The largest absolute Gasteiger partial charge is 0.497 e. The van der Waals surface area contributed by atoms with Crippen molar-refractivity contribution in [3.8, 4) is 11.5 Å². The first-order valence-corrected chi connectivity index (χ1v) is 9.27. The van der Waals surface area contributed by atoms with Gasteiger partial charge in [-0.25, -0.2) is 8.42 Å². The summed E-state index contributed by atoms with van der Waals surface area (Å²) in [4.78, 5) is 15.8. The highest BCUT2D eigenvalue weighted by molar-refractivity contribution is 7.89. The molecule has 8 nitrogen and oxygen atoms in total. The van der Waals surface area contributed by atoms with Gasteiger partial charge in [0.25, 0.3) is 0 Å². The number of methoxy groups -OCH3 is 1. The summed E-state index contributed by atoms with van der Waals surface area (Å²) in [6.07, 6.45) is 2.72. The third kappa shape index (κ3) is 5.43. The minimum absolute atomic E-state index is 0.0386. The van der Waals surface area contributed by atoms with Crippen molar-refractivity contribution in [3.63, 3.8) is 0 Å². The SMILES string of the molecule is COc1cccc(OCCNC(=O)CN(C)S(=O)(=O)c2cccnc2)c1. The van der Waals surface area contributed by atoms with E-state index in [1.807, 2.05) is 0 Å². The lowest BCUT2D eigenvalue weighted by atomic mass is 10.3. The molecule has 0 spiro atoms. The Morgan fingerprint density at radius 3 is 2.69 bits per heavy atom. The van der Waals surface area contributed by atoms with E-state index in [2.05, 4.69) is 10.3 Å². The zero-order valence-corrected chi connectivity index (χ0v) is 15.4. The molecule has 0 atom stereocenters. The van der Waals surface area contributed by atoms with Crippen LogP contribution in [0.2, 0.25) is 0 Å². The van der Waals surface area contributed by atoms with Crippen LogP contribution >= 0.6 is 0 Å². The van der Waals surface area contributed by atoms with E-state index < -0.39 is 15.9 Å². The molecule has 1 heterocycles. The van der Waals surface area contributed by atoms with Crippen molar-refractivity contribution in [3.05, 3.63) is 48.8 Å². The molecule has 0 saturated carbocycles. The van der Waals surface area contributed by atoms with Crippen LogP contribution in [0.4, 0.5) is 0 Å². The number of nitrogens with zero attached hydrogens (tertiary/aromatic N) is 2. The van der Waals surface area contributed by atoms with Gasteiger partial charge < -0.3 is 14.8 Å². The molecule has 1 aromatic carbocycles. The minimum Gasteiger partial charge on any atom is -0.497 e. The molecule has 1 aromatic heterocycles. The number of likely N-dealkylation sites (N-methyl/N-ethyl adjacent to an activating group) is 1. The first kappa shape index (κ1) is 19.7. The van der Waals surface area contributed by atoms with Gasteiger partial charge in [0.15, 0.2) is 0 Å². The predicted molar refractivity (Wildman–Crippen MR) is 95.6 cm³/mol. The summed E-state index contributed by atoms with van der Waals surface area (Å²) in [5.41, 5.74) is 0. The van der Waals surface area contributed by atoms with Crippen molar-refractivity contribution >= 4 is 15.9 Å². The molecular formula is C17H21N3O5S. The molecule has 2 aromatic rings. The van der Waals surface area contributed by atoms with Gasteiger partial charge in [-0.2, -0.15) is 4.31 Å². The Hall–Kier alpha value is -2.65. The number of rotatable bonds is 9. The molecule has 140 valence electrons. The first-order chi connectivity index (χ1) is 12.4. The maximum atomic E-state index is 12.3. The van der Waals surface area contributed by atoms with E-state index in [-0.39, 0.29) is 24.6 Å². The van der Waals surface area contributed by atoms with Crippen molar-refractivity contribution in [2.45, 2.75) is 4.90 Å². The second kappa shape index (κ2) is 9.16. The van der Waals surface area contributed by atoms with Crippen molar-refractivity contribution < 1.29 is 22.7 Å². The zero-order chi connectivity index (χ0) is 19.0. The molecular weight excluding hydrogens is 358 g/mol. The number of ether oxygens (including phenoxy) is 2. The summed E-state index contributed by atoms with van der Waals surface area (Å²) >= 11 is 0. The van der Waals surface area contributed by atoms with Gasteiger partial charge in [0.1, 0.15) is 23.0 Å². The van der Waals surface area contributed by atoms with Crippen LogP contribution in [0.5, 0.6) is 11.5 Å². The topological polar surface area (TPSA) is 97.8 Å². The number of carbonyl (C=O) groups excluding carboxylic acids is 1. The molecule has 0 bridgehead atoms. The Labute approximate surface area is 152 Å². The number of hydrogen-bond donors (Lipinski definition) is 1. The fourth-order valence-corrected chi connectivity index (χ4v) is 3.16. The fraction of sp³-hybridized carbons (Fsp3) is 0.294. The second-order valence-electron chi connectivity index (χ2n) is 5.33. The predicted octanol–water partition coefficient (Wildman–Crippen LogP) is 0.906. The van der Waals surface area contributed by atoms with E-state index >= 15 is 0 Å². The van der Waals surface area contributed by atoms with Crippen LogP contribution in [0.25, 0.3) is 0 Å². The Balaban J connectivity index is 1.78. The van der Waals surface area contributed by atoms with Gasteiger partial charge in [-0.15, -0.1) is 0 Å². The van der Waals surface area contributed by atoms with Gasteiger partial charge in [0.05, 0.1) is 20.2 Å². The van der Waals surface area contributed by atoms with Crippen LogP contribution in [0.15, 0.2) is 53.7 Å². The maximum absolute atomic E-state index is 12.3. The Morgan fingerprint density at radius 1 is 1.23 bits per heavy atom. The molecule has 26 heavy (non-hydrogen) atoms. The molecule has 0 fully saturated rings. The fourth-order valence-electron chi connectivity index (χ4n) is 2.07. The lowest BCUT2D eigenvalue weighted by Crippen LogP contribution is -2.39. The highest BCUT2D eigenvalue weighted by Gasteiger charge is 2.22. The number of carbonyl (C=O) groups is 1. The molecule has 1 amide bonds. The number of pyridine rings is 1. The van der Waals surface area contributed by atoms with Gasteiger partial charge in [-0.1, -0.05) is 6.07 Å². The van der Waals surface area contributed by atoms with E-state index in [9.17, 15) is 13.2 Å². The summed E-state index contributed by atoms with van der Waals surface area (Å²) in [5.74, 6) is 0.873. The second-order valence-corrected chi connectivity index (χ2v) is 7.37. The summed E-state index contributed by atoms with van der Waals surface area (Å²) in [5, 5.41) is 2.62. The smallest absolute Gasteiger partial charge is 0.244 e. The van der Waals surface area contributed by atoms with Crippen molar-refractivity contribution in [1.29, 1.82) is 0 Å². The van der Waals surface area contributed by atoms with Crippen LogP contribution in [-0.2, 0) is 14.8 Å². The van der Waals surface area contributed by atoms with Crippen LogP contribution in [-0.4, -0.2) is 57.5 Å². The highest BCUT2D eigenvalue weighted by atomic mass is 32.2. The molecule has 2 rings (SSSR count). The summed E-state index contributed by atoms with van der Waals surface area (Å²) in [6.45, 7) is 0.200. The van der Waals surface area contributed by atoms with Gasteiger partial charge in [-0.3, -0.25) is 9.78 Å². The molecule has 9 heteroatoms. The number of nitrogens with one attached hydrogen (secondary N) is 1. The van der Waals surface area contributed by atoms with Gasteiger partial charge in [0, 0.05) is 25.5 Å². The number of benzene rings is 1. The first-order valence-electron chi connectivity index (χ1n) is 7.83. The molecule has 0 unspecified atom stereocenters. The normalized spacial score (nSPS) is 11.2. The average Bonchev–Trinajstić information content (AvgIpc) is 2.66. The van der Waals surface area contributed by atoms with Crippen LogP contribution in [0.1, 0.15) is 0 Å². The summed E-state index contributed by atoms with van der Waals surface area (Å²) < 4.78 is 36.2. The molecule has 1 N–H and O–H groups in total. The summed E-state index contributed by atoms with van der Waals surface area (Å²) in [6, 6.07) is 10.1. The third-order valence-corrected chi connectivity index (χ3v) is 5.23. The standard InChI is InChI=1S/C17H21N3O5S/c1-20(26(22,23)16-7-4-8-18-12-16)13-17(21)19-9-10-25-15-6-3-5-14(11-15)24-2/h3-8,11-12H,9-10,13H2,1-2H3,(H,19,21). The quantitative estimate of drug-likeness (QED) is 0.650. The lowest BCUT2D eigenvalue weighted by molar-refractivity contribution is -0.121. The van der Waals surface area contributed by atoms with Crippen LogP contribution in [0, 0.1) is 0 Å². The molecule has 0 radical (unpaired) electrons. The van der Waals surface area contributed by atoms with Crippen molar-refractivity contribution in [2.24, 2.45) is 0 Å². The van der Waals surface area contributed by atoms with E-state index in [0.717, 1.165) is 4.31 Å². The van der Waals surface area contributed by atoms with E-state index in [1.54, 1.807) is 31.4 Å². The summed E-state index contributed by atoms with van der Waals surface area (Å²) in [7, 11) is -0.844. The van der Waals surface area contributed by atoms with E-state index in [1.165, 1.54) is 31.6 Å². The van der Waals surface area contributed by atoms with Crippen molar-refractivity contribution in [2.75, 3.05) is 33.9 Å². The van der Waals surface area contributed by atoms with Crippen molar-refractivity contribution in [1.82, 2.24) is 14.6 Å². The molecule has 0 aliphatic heterocycles. The zero-order valence-electron chi connectivity index (χ0n) is 14.6. The van der Waals surface area contributed by atoms with Crippen LogP contribution < -0.4 is 14.8 Å². The molecule has 0 aliphatic rings. The van der Waals surface area contributed by atoms with Gasteiger partial charge in [-0.05, 0) is 24.3 Å². The Bertz CT molecular complexity index is 827. The van der Waals surface area contributed by atoms with E-state index in [4.69, 9.17) is 9.47 Å². The lowest BCUT2D eigenvalue weighted by Gasteiger charge is -2.16. The third-order valence-electron chi connectivity index (χ3n) is 3.44. The highest BCUT2D eigenvalue weighted by Crippen LogP contribution is 2.18. The molecule has 0 saturated heterocycles. The van der Waals surface area contributed by atoms with Gasteiger partial charge >= 0.3 is 0 Å². The number of hydrogen-bond acceptors (Lipinski definition) is 6. The number of amides is 1. The average molecular weight is 379 g/mol. The maximum Gasteiger partial charge on any atom is 0.244 e. The van der Waals surface area contributed by atoms with E-state index in [0.29, 0.717) is 11.5 Å². The number of sulfonamides is 1. The minimum atomic E-state index is -3.75. The molecule has 0 aliphatic carbocycles. The van der Waals surface area contributed by atoms with Gasteiger partial charge in [0.2, 0.25) is 15.9 Å². The Kier molecular flexibility index (Phi) is 6.93. The Morgan fingerprint density at radius 2 is 2.00 bits per heavy atom. The monoisotopic (exact) mass is 379 g/mol. The number of aromatic nitrogens is 1. The van der Waals surface area contributed by atoms with Crippen LogP contribution in [0.3, 0.4) is 0 Å².